The molecule has 0 amide bonds. The van der Waals surface area contributed by atoms with Crippen molar-refractivity contribution in [2.75, 3.05) is 6.61 Å². The van der Waals surface area contributed by atoms with Crippen LogP contribution in [-0.2, 0) is 0 Å². The summed E-state index contributed by atoms with van der Waals surface area (Å²) in [5.74, 6) is 0. The Morgan fingerprint density at radius 2 is 2.19 bits per heavy atom. The zero-order valence-corrected chi connectivity index (χ0v) is 8.67. The zero-order valence-electron chi connectivity index (χ0n) is 8.67. The van der Waals surface area contributed by atoms with Crippen LogP contribution in [0.1, 0.15) is 18.1 Å². The first-order valence-electron chi connectivity index (χ1n) is 5.13. The van der Waals surface area contributed by atoms with Gasteiger partial charge in [0.05, 0.1) is 6.10 Å². The predicted molar refractivity (Wildman–Crippen MR) is 58.8 cm³/mol. The number of rotatable bonds is 4. The van der Waals surface area contributed by atoms with E-state index in [4.69, 9.17) is 5.11 Å². The van der Waals surface area contributed by atoms with Crippen LogP contribution in [0.25, 0.3) is 11.0 Å². The van der Waals surface area contributed by atoms with E-state index in [1.807, 2.05) is 6.07 Å². The van der Waals surface area contributed by atoms with Crippen molar-refractivity contribution in [3.63, 3.8) is 0 Å². The summed E-state index contributed by atoms with van der Waals surface area (Å²) in [6, 6.07) is 3.59. The quantitative estimate of drug-likeness (QED) is 0.600. The second kappa shape index (κ2) is 4.61. The Hall–Kier alpha value is -1.43. The lowest BCUT2D eigenvalue weighted by atomic mass is 10.0. The summed E-state index contributed by atoms with van der Waals surface area (Å²) in [6.45, 7) is -0.154. The Kier molecular flexibility index (Phi) is 3.19. The van der Waals surface area contributed by atoms with Crippen LogP contribution in [0.5, 0.6) is 0 Å². The van der Waals surface area contributed by atoms with Crippen LogP contribution in [0.3, 0.4) is 0 Å². The molecule has 2 atom stereocenters. The number of H-pyrrole nitrogens is 1. The molecule has 2 rings (SSSR count). The molecule has 86 valence electrons. The minimum Gasteiger partial charge on any atom is -0.396 e. The molecule has 2 aromatic rings. The van der Waals surface area contributed by atoms with Gasteiger partial charge in [0.15, 0.2) is 0 Å². The first kappa shape index (κ1) is 11.1. The molecule has 0 saturated heterocycles. The lowest BCUT2D eigenvalue weighted by Crippen LogP contribution is -2.19. The van der Waals surface area contributed by atoms with Gasteiger partial charge in [0.25, 0.3) is 0 Å². The lowest BCUT2D eigenvalue weighted by Gasteiger charge is -2.16. The third kappa shape index (κ3) is 1.92. The topological polar surface area (TPSA) is 89.4 Å². The van der Waals surface area contributed by atoms with E-state index in [9.17, 15) is 10.2 Å². The van der Waals surface area contributed by atoms with Crippen LogP contribution in [-0.4, -0.2) is 38.0 Å². The van der Waals surface area contributed by atoms with E-state index >= 15 is 0 Å². The van der Waals surface area contributed by atoms with Gasteiger partial charge in [-0.1, -0.05) is 0 Å². The van der Waals surface area contributed by atoms with Gasteiger partial charge >= 0.3 is 0 Å². The van der Waals surface area contributed by atoms with Crippen LogP contribution in [0, 0.1) is 0 Å². The normalized spacial score (nSPS) is 15.2. The van der Waals surface area contributed by atoms with Gasteiger partial charge in [-0.15, -0.1) is 0 Å². The minimum absolute atomic E-state index is 0.147. The molecule has 0 radical (unpaired) electrons. The van der Waals surface area contributed by atoms with Gasteiger partial charge in [-0.3, -0.25) is 0 Å². The fourth-order valence-electron chi connectivity index (χ4n) is 1.72. The Morgan fingerprint density at radius 1 is 1.38 bits per heavy atom. The molecule has 2 aromatic heterocycles. The van der Waals surface area contributed by atoms with Crippen molar-refractivity contribution in [1.29, 1.82) is 0 Å². The van der Waals surface area contributed by atoms with Gasteiger partial charge in [0.1, 0.15) is 11.8 Å². The van der Waals surface area contributed by atoms with Crippen molar-refractivity contribution < 1.29 is 15.3 Å². The first-order valence-corrected chi connectivity index (χ1v) is 5.13. The fourth-order valence-corrected chi connectivity index (χ4v) is 1.72. The SMILES string of the molecule is OCCC(O)C(O)c1c[nH]c2ncccc12. The smallest absolute Gasteiger partial charge is 0.137 e. The highest BCUT2D eigenvalue weighted by Crippen LogP contribution is 2.25. The molecule has 0 aliphatic carbocycles. The Morgan fingerprint density at radius 3 is 2.94 bits per heavy atom. The largest absolute Gasteiger partial charge is 0.396 e. The van der Waals surface area contributed by atoms with Gasteiger partial charge in [-0.25, -0.2) is 4.98 Å². The molecule has 0 aromatic carbocycles. The molecule has 2 unspecified atom stereocenters. The average Bonchev–Trinajstić information content (AvgIpc) is 2.72. The molecule has 4 N–H and O–H groups in total. The maximum absolute atomic E-state index is 9.90. The maximum Gasteiger partial charge on any atom is 0.137 e. The van der Waals surface area contributed by atoms with Crippen molar-refractivity contribution in [3.8, 4) is 0 Å². The first-order chi connectivity index (χ1) is 7.74. The van der Waals surface area contributed by atoms with E-state index in [1.165, 1.54) is 0 Å². The molecule has 0 aliphatic heterocycles. The van der Waals surface area contributed by atoms with E-state index < -0.39 is 12.2 Å². The number of nitrogens with zero attached hydrogens (tertiary/aromatic N) is 1. The minimum atomic E-state index is -1.01. The van der Waals surface area contributed by atoms with Gasteiger partial charge in [-0.2, -0.15) is 0 Å². The van der Waals surface area contributed by atoms with Crippen molar-refractivity contribution >= 4 is 11.0 Å². The van der Waals surface area contributed by atoms with Crippen molar-refractivity contribution in [2.45, 2.75) is 18.6 Å². The van der Waals surface area contributed by atoms with E-state index in [0.717, 1.165) is 5.39 Å². The third-order valence-electron chi connectivity index (χ3n) is 2.59. The molecule has 0 spiro atoms. The number of aliphatic hydroxyl groups is 3. The number of hydrogen-bond donors (Lipinski definition) is 4. The number of hydrogen-bond acceptors (Lipinski definition) is 4. The lowest BCUT2D eigenvalue weighted by molar-refractivity contribution is 0.00500. The molecule has 0 bridgehead atoms. The average molecular weight is 222 g/mol. The van der Waals surface area contributed by atoms with Gasteiger partial charge in [0, 0.05) is 30.0 Å². The standard InChI is InChI=1S/C11H14N2O3/c14-5-3-9(15)10(16)8-6-13-11-7(8)2-1-4-12-11/h1-2,4,6,9-10,14-16H,3,5H2,(H,12,13). The monoisotopic (exact) mass is 222 g/mol. The molecule has 2 heterocycles. The van der Waals surface area contributed by atoms with E-state index in [1.54, 1.807) is 18.5 Å². The van der Waals surface area contributed by atoms with E-state index in [2.05, 4.69) is 9.97 Å². The summed E-state index contributed by atoms with van der Waals surface area (Å²) in [5, 5.41) is 29.0. The highest BCUT2D eigenvalue weighted by atomic mass is 16.3. The van der Waals surface area contributed by atoms with Crippen molar-refractivity contribution in [2.24, 2.45) is 0 Å². The highest BCUT2D eigenvalue weighted by Gasteiger charge is 2.20. The van der Waals surface area contributed by atoms with Crippen LogP contribution in [0.2, 0.25) is 0 Å². The summed E-state index contributed by atoms with van der Waals surface area (Å²) in [5.41, 5.74) is 1.27. The third-order valence-corrected chi connectivity index (χ3v) is 2.59. The maximum atomic E-state index is 9.90. The number of fused-ring (bicyclic) bond motifs is 1. The summed E-state index contributed by atoms with van der Waals surface area (Å²) in [6.07, 6.45) is 1.45. The summed E-state index contributed by atoms with van der Waals surface area (Å²) in [4.78, 5) is 7.01. The zero-order chi connectivity index (χ0) is 11.5. The van der Waals surface area contributed by atoms with E-state index in [-0.39, 0.29) is 13.0 Å². The van der Waals surface area contributed by atoms with Crippen LogP contribution in [0.15, 0.2) is 24.5 Å². The van der Waals surface area contributed by atoms with Crippen LogP contribution < -0.4 is 0 Å². The molecule has 5 nitrogen and oxygen atoms in total. The second-order valence-corrected chi connectivity index (χ2v) is 3.67. The highest BCUT2D eigenvalue weighted by molar-refractivity contribution is 5.79. The molecule has 0 aliphatic rings. The number of pyridine rings is 1. The Labute approximate surface area is 92.4 Å². The molecular weight excluding hydrogens is 208 g/mol. The number of aromatic amines is 1. The number of aromatic nitrogens is 2. The molecule has 0 saturated carbocycles. The molecule has 5 heteroatoms. The summed E-state index contributed by atoms with van der Waals surface area (Å²) in [7, 11) is 0. The van der Waals surface area contributed by atoms with Gasteiger partial charge < -0.3 is 20.3 Å². The fraction of sp³-hybridized carbons (Fsp3) is 0.364. The van der Waals surface area contributed by atoms with Gasteiger partial charge in [0.2, 0.25) is 0 Å². The number of nitrogens with one attached hydrogen (secondary N) is 1. The summed E-state index contributed by atoms with van der Waals surface area (Å²) < 4.78 is 0. The van der Waals surface area contributed by atoms with Crippen molar-refractivity contribution in [1.82, 2.24) is 9.97 Å². The summed E-state index contributed by atoms with van der Waals surface area (Å²) >= 11 is 0. The van der Waals surface area contributed by atoms with Crippen LogP contribution >= 0.6 is 0 Å². The molecule has 16 heavy (non-hydrogen) atoms. The molecular formula is C11H14N2O3. The molecule has 0 fully saturated rings. The number of aliphatic hydroxyl groups excluding tert-OH is 3. The Balaban J connectivity index is 2.32. The van der Waals surface area contributed by atoms with E-state index in [0.29, 0.717) is 11.2 Å². The second-order valence-electron chi connectivity index (χ2n) is 3.67. The Bertz CT molecular complexity index is 469. The van der Waals surface area contributed by atoms with Crippen molar-refractivity contribution in [3.05, 3.63) is 30.1 Å². The van der Waals surface area contributed by atoms with Crippen LogP contribution in [0.4, 0.5) is 0 Å². The van der Waals surface area contributed by atoms with Gasteiger partial charge in [-0.05, 0) is 18.6 Å². The predicted octanol–water partition coefficient (Wildman–Crippen LogP) is 0.340.